The van der Waals surface area contributed by atoms with Crippen LogP contribution in [0.3, 0.4) is 0 Å². The van der Waals surface area contributed by atoms with E-state index in [1.807, 2.05) is 0 Å². The molecular weight excluding hydrogens is 325 g/mol. The Balaban J connectivity index is 2.84. The van der Waals surface area contributed by atoms with Gasteiger partial charge in [0.25, 0.3) is 0 Å². The van der Waals surface area contributed by atoms with Crippen molar-refractivity contribution in [2.45, 2.75) is 37.4 Å². The van der Waals surface area contributed by atoms with Crippen LogP contribution in [0.5, 0.6) is 0 Å². The fraction of sp³-hybridized carbons (Fsp3) is 0.462. The largest absolute Gasteiger partial charge is 0.459 e. The molecule has 1 atom stereocenters. The Morgan fingerprint density at radius 2 is 1.63 bits per heavy atom. The summed E-state index contributed by atoms with van der Waals surface area (Å²) >= 11 is 3.12. The average molecular weight is 339 g/mol. The zero-order chi connectivity index (χ0) is 14.8. The van der Waals surface area contributed by atoms with Crippen LogP contribution in [0.4, 0.5) is 13.2 Å². The molecule has 0 amide bonds. The lowest BCUT2D eigenvalue weighted by molar-refractivity contribution is -0.154. The minimum Gasteiger partial charge on any atom is -0.459 e. The van der Waals surface area contributed by atoms with E-state index in [2.05, 4.69) is 15.9 Å². The van der Waals surface area contributed by atoms with Crippen molar-refractivity contribution in [3.63, 3.8) is 0 Å². The maximum Gasteiger partial charge on any atom is 0.416 e. The molecule has 0 fully saturated rings. The molecule has 1 aromatic carbocycles. The number of benzene rings is 1. The van der Waals surface area contributed by atoms with Gasteiger partial charge in [-0.15, -0.1) is 0 Å². The third kappa shape index (κ3) is 4.86. The number of alkyl halides is 4. The molecule has 0 aliphatic carbocycles. The van der Waals surface area contributed by atoms with Crippen LogP contribution in [0.2, 0.25) is 0 Å². The number of carbonyl (C=O) groups excluding carboxylic acids is 1. The highest BCUT2D eigenvalue weighted by atomic mass is 79.9. The highest BCUT2D eigenvalue weighted by Gasteiger charge is 2.31. The Labute approximate surface area is 118 Å². The second-order valence-electron chi connectivity index (χ2n) is 5.02. The Kier molecular flexibility index (Phi) is 4.66. The zero-order valence-electron chi connectivity index (χ0n) is 10.7. The molecule has 0 spiro atoms. The van der Waals surface area contributed by atoms with Gasteiger partial charge in [-0.2, -0.15) is 13.2 Å². The third-order valence-corrected chi connectivity index (χ3v) is 3.05. The minimum atomic E-state index is -4.38. The van der Waals surface area contributed by atoms with Gasteiger partial charge in [0.2, 0.25) is 0 Å². The molecule has 0 N–H and O–H groups in total. The summed E-state index contributed by atoms with van der Waals surface area (Å²) in [5.74, 6) is -0.535. The first-order valence-electron chi connectivity index (χ1n) is 5.55. The van der Waals surface area contributed by atoms with E-state index >= 15 is 0 Å². The summed E-state index contributed by atoms with van der Waals surface area (Å²) in [7, 11) is 0. The molecule has 2 nitrogen and oxygen atoms in total. The number of ether oxygens (including phenoxy) is 1. The summed E-state index contributed by atoms with van der Waals surface area (Å²) in [5, 5.41) is 0. The fourth-order valence-corrected chi connectivity index (χ4v) is 1.73. The van der Waals surface area contributed by atoms with Crippen molar-refractivity contribution >= 4 is 21.9 Å². The van der Waals surface area contributed by atoms with Gasteiger partial charge < -0.3 is 4.74 Å². The number of hydrogen-bond acceptors (Lipinski definition) is 2. The number of halogens is 4. The first kappa shape index (κ1) is 16.0. The molecule has 0 saturated carbocycles. The maximum absolute atomic E-state index is 12.4. The molecule has 0 heterocycles. The number of hydrogen-bond donors (Lipinski definition) is 0. The summed E-state index contributed by atoms with van der Waals surface area (Å²) in [4.78, 5) is 11.0. The fourth-order valence-electron chi connectivity index (χ4n) is 1.33. The second kappa shape index (κ2) is 5.53. The summed E-state index contributed by atoms with van der Waals surface area (Å²) < 4.78 is 42.3. The Hall–Kier alpha value is -1.04. The third-order valence-electron chi connectivity index (χ3n) is 2.14. The maximum atomic E-state index is 12.4. The SMILES string of the molecule is CC(C)(C)OC(=O)C(Br)c1ccc(C(F)(F)F)cc1. The molecule has 0 aromatic heterocycles. The van der Waals surface area contributed by atoms with Crippen LogP contribution in [0.15, 0.2) is 24.3 Å². The Morgan fingerprint density at radius 3 is 2.00 bits per heavy atom. The van der Waals surface area contributed by atoms with Gasteiger partial charge in [0, 0.05) is 0 Å². The van der Waals surface area contributed by atoms with E-state index in [1.165, 1.54) is 12.1 Å². The lowest BCUT2D eigenvalue weighted by Crippen LogP contribution is -2.26. The van der Waals surface area contributed by atoms with Crippen LogP contribution in [-0.2, 0) is 15.7 Å². The van der Waals surface area contributed by atoms with Gasteiger partial charge in [-0.25, -0.2) is 0 Å². The minimum absolute atomic E-state index is 0.419. The van der Waals surface area contributed by atoms with E-state index < -0.39 is 28.1 Å². The van der Waals surface area contributed by atoms with Gasteiger partial charge in [-0.05, 0) is 38.5 Å². The zero-order valence-corrected chi connectivity index (χ0v) is 12.3. The first-order valence-corrected chi connectivity index (χ1v) is 6.46. The molecular formula is C13H14BrF3O2. The van der Waals surface area contributed by atoms with Crippen molar-refractivity contribution in [1.82, 2.24) is 0 Å². The lowest BCUT2D eigenvalue weighted by Gasteiger charge is -2.21. The average Bonchev–Trinajstić information content (AvgIpc) is 2.24. The molecule has 1 aromatic rings. The molecule has 19 heavy (non-hydrogen) atoms. The van der Waals surface area contributed by atoms with Crippen LogP contribution < -0.4 is 0 Å². The molecule has 1 unspecified atom stereocenters. The van der Waals surface area contributed by atoms with Gasteiger partial charge in [-0.1, -0.05) is 28.1 Å². The van der Waals surface area contributed by atoms with E-state index in [0.29, 0.717) is 5.56 Å². The highest BCUT2D eigenvalue weighted by Crippen LogP contribution is 2.32. The predicted octanol–water partition coefficient (Wildman–Crippen LogP) is 4.48. The molecule has 0 aliphatic rings. The molecule has 0 radical (unpaired) electrons. The summed E-state index contributed by atoms with van der Waals surface area (Å²) in [6, 6.07) is 4.39. The van der Waals surface area contributed by atoms with Crippen molar-refractivity contribution in [3.8, 4) is 0 Å². The van der Waals surface area contributed by atoms with E-state index in [4.69, 9.17) is 4.74 Å². The summed E-state index contributed by atoms with van der Waals surface area (Å²) in [5.41, 5.74) is -0.975. The van der Waals surface area contributed by atoms with Crippen LogP contribution in [-0.4, -0.2) is 11.6 Å². The second-order valence-corrected chi connectivity index (χ2v) is 5.93. The smallest absolute Gasteiger partial charge is 0.416 e. The van der Waals surface area contributed by atoms with Gasteiger partial charge in [-0.3, -0.25) is 4.79 Å². The number of carbonyl (C=O) groups is 1. The van der Waals surface area contributed by atoms with Crippen LogP contribution in [0, 0.1) is 0 Å². The molecule has 1 rings (SSSR count). The summed E-state index contributed by atoms with van der Waals surface area (Å²) in [6.45, 7) is 5.16. The number of esters is 1. The van der Waals surface area contributed by atoms with Crippen molar-refractivity contribution in [3.05, 3.63) is 35.4 Å². The van der Waals surface area contributed by atoms with E-state index in [-0.39, 0.29) is 0 Å². The van der Waals surface area contributed by atoms with Crippen molar-refractivity contribution in [2.75, 3.05) is 0 Å². The van der Waals surface area contributed by atoms with Crippen molar-refractivity contribution in [1.29, 1.82) is 0 Å². The molecule has 0 saturated heterocycles. The molecule has 0 bridgehead atoms. The van der Waals surface area contributed by atoms with E-state index in [0.717, 1.165) is 12.1 Å². The van der Waals surface area contributed by atoms with Crippen LogP contribution in [0.25, 0.3) is 0 Å². The first-order chi connectivity index (χ1) is 8.50. The highest BCUT2D eigenvalue weighted by molar-refractivity contribution is 9.09. The Morgan fingerprint density at radius 1 is 1.16 bits per heavy atom. The van der Waals surface area contributed by atoms with Gasteiger partial charge in [0.05, 0.1) is 5.56 Å². The van der Waals surface area contributed by atoms with Gasteiger partial charge >= 0.3 is 12.1 Å². The molecule has 106 valence electrons. The number of rotatable bonds is 2. The van der Waals surface area contributed by atoms with Gasteiger partial charge in [0.15, 0.2) is 0 Å². The van der Waals surface area contributed by atoms with E-state index in [9.17, 15) is 18.0 Å². The summed E-state index contributed by atoms with van der Waals surface area (Å²) in [6.07, 6.45) is -4.38. The van der Waals surface area contributed by atoms with Crippen LogP contribution in [0.1, 0.15) is 36.7 Å². The van der Waals surface area contributed by atoms with Gasteiger partial charge in [0.1, 0.15) is 10.4 Å². The van der Waals surface area contributed by atoms with Crippen LogP contribution >= 0.6 is 15.9 Å². The lowest BCUT2D eigenvalue weighted by atomic mass is 10.1. The van der Waals surface area contributed by atoms with Crippen molar-refractivity contribution in [2.24, 2.45) is 0 Å². The normalized spacial score (nSPS) is 14.1. The topological polar surface area (TPSA) is 26.3 Å². The standard InChI is InChI=1S/C13H14BrF3O2/c1-12(2,3)19-11(18)10(14)8-4-6-9(7-5-8)13(15,16)17/h4-7,10H,1-3H3. The van der Waals surface area contributed by atoms with Crippen molar-refractivity contribution < 1.29 is 22.7 Å². The predicted molar refractivity (Wildman–Crippen MR) is 69.0 cm³/mol. The van der Waals surface area contributed by atoms with E-state index in [1.54, 1.807) is 20.8 Å². The quantitative estimate of drug-likeness (QED) is 0.586. The monoisotopic (exact) mass is 338 g/mol. The molecule has 6 heteroatoms. The molecule has 0 aliphatic heterocycles. The Bertz CT molecular complexity index is 446.